The molecule has 0 fully saturated rings. The smallest absolute Gasteiger partial charge is 0.316 e. The van der Waals surface area contributed by atoms with Crippen LogP contribution in [0.1, 0.15) is 11.3 Å². The number of aryl methyl sites for hydroxylation is 1. The van der Waals surface area contributed by atoms with E-state index < -0.39 is 6.03 Å². The van der Waals surface area contributed by atoms with Crippen molar-refractivity contribution >= 4 is 17.4 Å². The van der Waals surface area contributed by atoms with Gasteiger partial charge in [-0.25, -0.2) is 4.79 Å². The van der Waals surface area contributed by atoms with Crippen LogP contribution in [0.25, 0.3) is 0 Å². The zero-order chi connectivity index (χ0) is 13.0. The standard InChI is InChI=1S/C13H15N3O2/c1-9-6-7-18-12(9)8-15-10-2-4-11(5-3-10)16-13(14)17/h2-7,15H,8H2,1H3,(H3,14,16,17). The number of anilines is 2. The summed E-state index contributed by atoms with van der Waals surface area (Å²) in [7, 11) is 0. The predicted octanol–water partition coefficient (Wildman–Crippen LogP) is 2.69. The topological polar surface area (TPSA) is 80.3 Å². The summed E-state index contributed by atoms with van der Waals surface area (Å²) in [5.74, 6) is 0.911. The van der Waals surface area contributed by atoms with Crippen LogP contribution in [0.15, 0.2) is 41.0 Å². The lowest BCUT2D eigenvalue weighted by atomic mass is 10.2. The molecule has 0 bridgehead atoms. The summed E-state index contributed by atoms with van der Waals surface area (Å²) in [6, 6.07) is 8.65. The zero-order valence-corrected chi connectivity index (χ0v) is 10.1. The van der Waals surface area contributed by atoms with E-state index >= 15 is 0 Å². The Balaban J connectivity index is 1.94. The average molecular weight is 245 g/mol. The Labute approximate surface area is 105 Å². The van der Waals surface area contributed by atoms with Gasteiger partial charge in [-0.3, -0.25) is 0 Å². The van der Waals surface area contributed by atoms with Gasteiger partial charge in [-0.15, -0.1) is 0 Å². The number of amides is 2. The van der Waals surface area contributed by atoms with E-state index in [2.05, 4.69) is 10.6 Å². The molecule has 0 unspecified atom stereocenters. The molecule has 0 saturated heterocycles. The molecule has 1 aromatic heterocycles. The third-order valence-corrected chi connectivity index (χ3v) is 2.57. The van der Waals surface area contributed by atoms with Gasteiger partial charge in [-0.1, -0.05) is 0 Å². The molecule has 1 heterocycles. The van der Waals surface area contributed by atoms with Gasteiger partial charge >= 0.3 is 6.03 Å². The van der Waals surface area contributed by atoms with Crippen LogP contribution >= 0.6 is 0 Å². The lowest BCUT2D eigenvalue weighted by molar-refractivity contribution is 0.259. The highest BCUT2D eigenvalue weighted by molar-refractivity contribution is 5.87. The minimum absolute atomic E-state index is 0.568. The molecule has 0 aliphatic heterocycles. The van der Waals surface area contributed by atoms with Crippen LogP contribution in [-0.2, 0) is 6.54 Å². The Kier molecular flexibility index (Phi) is 3.52. The number of carbonyl (C=O) groups excluding carboxylic acids is 1. The Morgan fingerprint density at radius 2 is 1.89 bits per heavy atom. The van der Waals surface area contributed by atoms with Crippen LogP contribution in [0.5, 0.6) is 0 Å². The lowest BCUT2D eigenvalue weighted by Gasteiger charge is -2.07. The highest BCUT2D eigenvalue weighted by Crippen LogP contribution is 2.15. The second-order valence-electron chi connectivity index (χ2n) is 3.95. The number of hydrogen-bond acceptors (Lipinski definition) is 3. The van der Waals surface area contributed by atoms with Gasteiger partial charge in [-0.05, 0) is 42.8 Å². The van der Waals surface area contributed by atoms with Crippen LogP contribution in [0, 0.1) is 6.92 Å². The van der Waals surface area contributed by atoms with E-state index in [0.717, 1.165) is 17.0 Å². The summed E-state index contributed by atoms with van der Waals surface area (Å²) < 4.78 is 5.33. The summed E-state index contributed by atoms with van der Waals surface area (Å²) in [6.07, 6.45) is 1.67. The van der Waals surface area contributed by atoms with Crippen molar-refractivity contribution in [3.05, 3.63) is 47.9 Å². The van der Waals surface area contributed by atoms with Gasteiger partial charge in [0.05, 0.1) is 12.8 Å². The fourth-order valence-corrected chi connectivity index (χ4v) is 1.58. The maximum Gasteiger partial charge on any atom is 0.316 e. The van der Waals surface area contributed by atoms with Crippen molar-refractivity contribution in [2.24, 2.45) is 5.73 Å². The maximum atomic E-state index is 10.7. The molecule has 2 rings (SSSR count). The first kappa shape index (κ1) is 12.0. The van der Waals surface area contributed by atoms with Crippen LogP contribution in [-0.4, -0.2) is 6.03 Å². The summed E-state index contributed by atoms with van der Waals surface area (Å²) in [4.78, 5) is 10.7. The van der Waals surface area contributed by atoms with Crippen molar-refractivity contribution in [2.75, 3.05) is 10.6 Å². The fraction of sp³-hybridized carbons (Fsp3) is 0.154. The second-order valence-corrected chi connectivity index (χ2v) is 3.95. The van der Waals surface area contributed by atoms with Gasteiger partial charge in [0, 0.05) is 11.4 Å². The quantitative estimate of drug-likeness (QED) is 0.774. The number of rotatable bonds is 4. The number of hydrogen-bond donors (Lipinski definition) is 3. The molecular weight excluding hydrogens is 230 g/mol. The SMILES string of the molecule is Cc1ccoc1CNc1ccc(NC(N)=O)cc1. The van der Waals surface area contributed by atoms with E-state index in [0.29, 0.717) is 12.2 Å². The van der Waals surface area contributed by atoms with E-state index in [1.54, 1.807) is 18.4 Å². The molecular formula is C13H15N3O2. The van der Waals surface area contributed by atoms with E-state index in [-0.39, 0.29) is 0 Å². The van der Waals surface area contributed by atoms with Crippen LogP contribution in [0.3, 0.4) is 0 Å². The fourth-order valence-electron chi connectivity index (χ4n) is 1.58. The van der Waals surface area contributed by atoms with E-state index in [1.165, 1.54) is 0 Å². The van der Waals surface area contributed by atoms with Gasteiger partial charge in [0.1, 0.15) is 5.76 Å². The number of primary amides is 1. The minimum Gasteiger partial charge on any atom is -0.467 e. The van der Waals surface area contributed by atoms with Crippen molar-refractivity contribution in [2.45, 2.75) is 13.5 Å². The first-order chi connectivity index (χ1) is 8.65. The highest BCUT2D eigenvalue weighted by Gasteiger charge is 2.01. The van der Waals surface area contributed by atoms with Gasteiger partial charge in [-0.2, -0.15) is 0 Å². The maximum absolute atomic E-state index is 10.7. The van der Waals surface area contributed by atoms with Crippen molar-refractivity contribution in [1.29, 1.82) is 0 Å². The first-order valence-electron chi connectivity index (χ1n) is 5.58. The monoisotopic (exact) mass is 245 g/mol. The molecule has 0 aliphatic carbocycles. The zero-order valence-electron chi connectivity index (χ0n) is 10.1. The van der Waals surface area contributed by atoms with Crippen molar-refractivity contribution in [3.8, 4) is 0 Å². The summed E-state index contributed by atoms with van der Waals surface area (Å²) in [5, 5.41) is 5.73. The summed E-state index contributed by atoms with van der Waals surface area (Å²) in [6.45, 7) is 2.63. The van der Waals surface area contributed by atoms with E-state index in [1.807, 2.05) is 25.1 Å². The second kappa shape index (κ2) is 5.27. The molecule has 5 nitrogen and oxygen atoms in total. The molecule has 0 spiro atoms. The number of urea groups is 1. The molecule has 0 saturated carbocycles. The Bertz CT molecular complexity index is 531. The van der Waals surface area contributed by atoms with E-state index in [9.17, 15) is 4.79 Å². The van der Waals surface area contributed by atoms with Crippen LogP contribution in [0.2, 0.25) is 0 Å². The molecule has 94 valence electrons. The molecule has 0 atom stereocenters. The van der Waals surface area contributed by atoms with Gasteiger partial charge in [0.25, 0.3) is 0 Å². The first-order valence-corrected chi connectivity index (χ1v) is 5.58. The minimum atomic E-state index is -0.568. The van der Waals surface area contributed by atoms with Gasteiger partial charge in [0.2, 0.25) is 0 Å². The van der Waals surface area contributed by atoms with E-state index in [4.69, 9.17) is 10.2 Å². The van der Waals surface area contributed by atoms with Crippen molar-refractivity contribution < 1.29 is 9.21 Å². The number of benzene rings is 1. The number of carbonyl (C=O) groups is 1. The van der Waals surface area contributed by atoms with Gasteiger partial charge in [0.15, 0.2) is 0 Å². The lowest BCUT2D eigenvalue weighted by Crippen LogP contribution is -2.19. The van der Waals surface area contributed by atoms with Gasteiger partial charge < -0.3 is 20.8 Å². The van der Waals surface area contributed by atoms with Crippen molar-refractivity contribution in [3.63, 3.8) is 0 Å². The molecule has 5 heteroatoms. The molecule has 1 aromatic carbocycles. The Hall–Kier alpha value is -2.43. The van der Waals surface area contributed by atoms with Crippen molar-refractivity contribution in [1.82, 2.24) is 0 Å². The third kappa shape index (κ3) is 3.04. The highest BCUT2D eigenvalue weighted by atomic mass is 16.3. The molecule has 0 aliphatic rings. The number of nitrogens with one attached hydrogen (secondary N) is 2. The number of furan rings is 1. The summed E-state index contributed by atoms with van der Waals surface area (Å²) in [5.41, 5.74) is 7.76. The molecule has 2 aromatic rings. The normalized spacial score (nSPS) is 10.1. The number of nitrogens with two attached hydrogens (primary N) is 1. The molecule has 0 radical (unpaired) electrons. The average Bonchev–Trinajstić information content (AvgIpc) is 2.73. The van der Waals surface area contributed by atoms with Crippen LogP contribution < -0.4 is 16.4 Å². The largest absolute Gasteiger partial charge is 0.467 e. The summed E-state index contributed by atoms with van der Waals surface area (Å²) >= 11 is 0. The predicted molar refractivity (Wildman–Crippen MR) is 70.4 cm³/mol. The molecule has 2 amide bonds. The molecule has 18 heavy (non-hydrogen) atoms. The Morgan fingerprint density at radius 1 is 1.22 bits per heavy atom. The van der Waals surface area contributed by atoms with Crippen LogP contribution in [0.4, 0.5) is 16.2 Å². The Morgan fingerprint density at radius 3 is 2.44 bits per heavy atom. The third-order valence-electron chi connectivity index (χ3n) is 2.57. The molecule has 4 N–H and O–H groups in total.